The Kier molecular flexibility index (Phi) is 4.87. The van der Waals surface area contributed by atoms with Gasteiger partial charge < -0.3 is 24.4 Å². The first-order valence-electron chi connectivity index (χ1n) is 10.5. The van der Waals surface area contributed by atoms with Crippen molar-refractivity contribution in [3.05, 3.63) is 24.2 Å². The highest BCUT2D eigenvalue weighted by atomic mass is 28.4. The monoisotopic (exact) mass is 434 g/mol. The highest BCUT2D eigenvalue weighted by Crippen LogP contribution is 2.49. The van der Waals surface area contributed by atoms with Crippen molar-refractivity contribution in [2.45, 2.75) is 89.4 Å². The van der Waals surface area contributed by atoms with Gasteiger partial charge >= 0.3 is 0 Å². The van der Waals surface area contributed by atoms with Gasteiger partial charge in [-0.1, -0.05) is 20.8 Å². The molecule has 0 aromatic carbocycles. The third-order valence-electron chi connectivity index (χ3n) is 6.84. The first-order valence-corrected chi connectivity index (χ1v) is 13.4. The highest BCUT2D eigenvalue weighted by molar-refractivity contribution is 6.74. The van der Waals surface area contributed by atoms with Crippen LogP contribution in [0.2, 0.25) is 18.1 Å². The summed E-state index contributed by atoms with van der Waals surface area (Å²) in [4.78, 5) is 4.09. The number of fused-ring (bicyclic) bond motifs is 2. The van der Waals surface area contributed by atoms with Crippen molar-refractivity contribution in [3.63, 3.8) is 0 Å². The van der Waals surface area contributed by atoms with Gasteiger partial charge in [0, 0.05) is 0 Å². The molecule has 0 amide bonds. The summed E-state index contributed by atoms with van der Waals surface area (Å²) in [5, 5.41) is 4.53. The van der Waals surface area contributed by atoms with E-state index in [2.05, 4.69) is 43.9 Å². The van der Waals surface area contributed by atoms with Crippen LogP contribution < -0.4 is 5.73 Å². The van der Waals surface area contributed by atoms with Crippen LogP contribution in [0.4, 0.5) is 5.82 Å². The van der Waals surface area contributed by atoms with Crippen LogP contribution in [0.5, 0.6) is 0 Å². The average molecular weight is 435 g/mol. The van der Waals surface area contributed by atoms with Gasteiger partial charge in [0.15, 0.2) is 19.9 Å². The van der Waals surface area contributed by atoms with Crippen LogP contribution >= 0.6 is 0 Å². The van der Waals surface area contributed by atoms with Crippen molar-refractivity contribution in [1.29, 1.82) is 0 Å². The summed E-state index contributed by atoms with van der Waals surface area (Å²) >= 11 is 0. The predicted octanol–water partition coefficient (Wildman–Crippen LogP) is 3.47. The zero-order valence-electron chi connectivity index (χ0n) is 19.2. The third-order valence-corrected chi connectivity index (χ3v) is 11.3. The Hall–Kier alpha value is -1.52. The number of nitrogen functional groups attached to an aromatic ring is 1. The van der Waals surface area contributed by atoms with Crippen LogP contribution in [0, 0.1) is 0 Å². The van der Waals surface area contributed by atoms with E-state index in [9.17, 15) is 0 Å². The van der Waals surface area contributed by atoms with E-state index < -0.39 is 19.7 Å². The predicted molar refractivity (Wildman–Crippen MR) is 117 cm³/mol. The Bertz CT molecular complexity index is 954. The summed E-state index contributed by atoms with van der Waals surface area (Å²) in [6.07, 6.45) is 0.672. The maximum absolute atomic E-state index is 6.63. The van der Waals surface area contributed by atoms with Crippen LogP contribution in [-0.4, -0.2) is 53.6 Å². The number of nitrogens with two attached hydrogens (primary N) is 1. The molecule has 0 bridgehead atoms. The number of nitrogens with zero attached hydrogens (tertiary/aromatic N) is 3. The number of rotatable bonds is 4. The summed E-state index contributed by atoms with van der Waals surface area (Å²) in [5.41, 5.74) is 6.87. The molecule has 4 atom stereocenters. The number of aromatic nitrogens is 3. The smallest absolute Gasteiger partial charge is 0.192 e. The molecule has 2 N–H and O–H groups in total. The minimum Gasteiger partial charge on any atom is -0.414 e. The zero-order valence-corrected chi connectivity index (χ0v) is 20.2. The molecule has 2 fully saturated rings. The van der Waals surface area contributed by atoms with Gasteiger partial charge in [0.05, 0.1) is 12.3 Å². The van der Waals surface area contributed by atoms with Gasteiger partial charge in [0.2, 0.25) is 0 Å². The quantitative estimate of drug-likeness (QED) is 0.737. The molecule has 2 aromatic rings. The van der Waals surface area contributed by atoms with E-state index in [0.717, 1.165) is 11.2 Å². The molecule has 8 nitrogen and oxygen atoms in total. The van der Waals surface area contributed by atoms with Crippen LogP contribution in [0.25, 0.3) is 5.52 Å². The molecule has 4 heterocycles. The first kappa shape index (κ1) is 21.7. The largest absolute Gasteiger partial charge is 0.414 e. The Morgan fingerprint density at radius 1 is 1.17 bits per heavy atom. The summed E-state index contributed by atoms with van der Waals surface area (Å²) in [5.74, 6) is -0.271. The summed E-state index contributed by atoms with van der Waals surface area (Å²) < 4.78 is 27.5. The number of anilines is 1. The normalized spacial score (nSPS) is 31.4. The summed E-state index contributed by atoms with van der Waals surface area (Å²) in [6.45, 7) is 17.6. The Labute approximate surface area is 179 Å². The summed E-state index contributed by atoms with van der Waals surface area (Å²) in [7, 11) is -1.93. The average Bonchev–Trinajstić information content (AvgIpc) is 3.25. The number of hydrogen-bond acceptors (Lipinski definition) is 7. The van der Waals surface area contributed by atoms with Gasteiger partial charge in [-0.3, -0.25) is 0 Å². The Morgan fingerprint density at radius 2 is 1.87 bits per heavy atom. The second-order valence-corrected chi connectivity index (χ2v) is 15.3. The molecule has 2 saturated heterocycles. The molecule has 2 aliphatic rings. The van der Waals surface area contributed by atoms with Crippen LogP contribution in [-0.2, 0) is 24.2 Å². The van der Waals surface area contributed by atoms with Gasteiger partial charge in [0.25, 0.3) is 0 Å². The van der Waals surface area contributed by atoms with E-state index in [-0.39, 0.29) is 23.4 Å². The Morgan fingerprint density at radius 3 is 2.53 bits per heavy atom. The molecule has 30 heavy (non-hydrogen) atoms. The molecular formula is C21H34N4O4Si. The molecule has 9 heteroatoms. The molecule has 0 aliphatic carbocycles. The molecule has 0 radical (unpaired) electrons. The maximum Gasteiger partial charge on any atom is 0.192 e. The lowest BCUT2D eigenvalue weighted by Gasteiger charge is -2.37. The van der Waals surface area contributed by atoms with Crippen molar-refractivity contribution in [2.24, 2.45) is 0 Å². The molecule has 166 valence electrons. The van der Waals surface area contributed by atoms with E-state index in [0.29, 0.717) is 12.4 Å². The van der Waals surface area contributed by atoms with Crippen LogP contribution in [0.1, 0.15) is 47.2 Å². The molecule has 0 saturated carbocycles. The van der Waals surface area contributed by atoms with E-state index in [1.807, 2.05) is 32.9 Å². The fourth-order valence-corrected chi connectivity index (χ4v) is 5.12. The van der Waals surface area contributed by atoms with Crippen LogP contribution in [0.15, 0.2) is 18.5 Å². The third kappa shape index (κ3) is 3.36. The zero-order chi connectivity index (χ0) is 22.1. The molecule has 0 unspecified atom stereocenters. The van der Waals surface area contributed by atoms with E-state index in [4.69, 9.17) is 24.4 Å². The number of ether oxygens (including phenoxy) is 3. The van der Waals surface area contributed by atoms with Crippen molar-refractivity contribution in [1.82, 2.24) is 14.6 Å². The first-order chi connectivity index (χ1) is 13.8. The Balaban J connectivity index is 1.68. The summed E-state index contributed by atoms with van der Waals surface area (Å²) in [6, 6.07) is 3.89. The second kappa shape index (κ2) is 6.74. The van der Waals surface area contributed by atoms with E-state index in [1.165, 1.54) is 6.33 Å². The lowest BCUT2D eigenvalue weighted by molar-refractivity contribution is -0.212. The maximum atomic E-state index is 6.63. The lowest BCUT2D eigenvalue weighted by atomic mass is 9.93. The van der Waals surface area contributed by atoms with Crippen LogP contribution in [0.3, 0.4) is 0 Å². The highest BCUT2D eigenvalue weighted by Gasteiger charge is 2.62. The van der Waals surface area contributed by atoms with E-state index in [1.54, 1.807) is 4.52 Å². The molecule has 2 aromatic heterocycles. The van der Waals surface area contributed by atoms with Crippen molar-refractivity contribution < 1.29 is 18.6 Å². The number of hydrogen-bond donors (Lipinski definition) is 1. The molecule has 2 aliphatic heterocycles. The minimum atomic E-state index is -1.93. The van der Waals surface area contributed by atoms with Gasteiger partial charge in [-0.2, -0.15) is 5.10 Å². The standard InChI is InChI=1S/C21H34N4O4Si/c1-19(2,3)30(7,8)26-11-14-16-17(29-20(4,5)28-16)21(6,27-14)15-10-9-13-18(22)23-12-24-25(13)15/h9-10,12,14,16-17H,11H2,1-8H3,(H2,22,23,24)/t14-,16-,17-,21+/m1/s1. The topological polar surface area (TPSA) is 93.1 Å². The van der Waals surface area contributed by atoms with Crippen molar-refractivity contribution in [3.8, 4) is 0 Å². The van der Waals surface area contributed by atoms with Gasteiger partial charge in [-0.25, -0.2) is 9.50 Å². The van der Waals surface area contributed by atoms with Gasteiger partial charge in [0.1, 0.15) is 35.8 Å². The SMILES string of the molecule is CC1(C)O[C@H]2[C@@H](O1)[C@](C)(c1ccc3c(N)ncnn13)O[C@@H]2CO[Si](C)(C)C(C)(C)C. The van der Waals surface area contributed by atoms with Crippen molar-refractivity contribution >= 4 is 19.7 Å². The van der Waals surface area contributed by atoms with Crippen molar-refractivity contribution in [2.75, 3.05) is 12.3 Å². The lowest BCUT2D eigenvalue weighted by Crippen LogP contribution is -2.44. The van der Waals surface area contributed by atoms with Gasteiger partial charge in [-0.15, -0.1) is 0 Å². The van der Waals surface area contributed by atoms with E-state index >= 15 is 0 Å². The van der Waals surface area contributed by atoms with Gasteiger partial charge in [-0.05, 0) is 51.0 Å². The second-order valence-electron chi connectivity index (χ2n) is 10.5. The fourth-order valence-electron chi connectivity index (χ4n) is 4.11. The fraction of sp³-hybridized carbons (Fsp3) is 0.714. The molecular weight excluding hydrogens is 400 g/mol. The molecule has 4 rings (SSSR count). The molecule has 0 spiro atoms. The minimum absolute atomic E-state index is 0.118.